The van der Waals surface area contributed by atoms with Gasteiger partial charge in [-0.3, -0.25) is 19.2 Å². The summed E-state index contributed by atoms with van der Waals surface area (Å²) in [6.07, 6.45) is 12.7. The number of H-pyrrole nitrogens is 1. The standard InChI is InChI=1S/C44H55FN4O5/c1-43-18-16-30(50)27-29(43)11-12-33-35-13-15-39(44(35,2)19-17-36(33)43)54-24-6-5-9-40(51)48-20-22-49(23-21-48)42(53)34-25-28(10-14-37(34)45)26-38-31-7-3-4-8-32(31)41(52)47-46-38/h3-4,7-8,10,14,25,29,33,35-36,39H,5-6,9,11-13,15-24,26-27H2,1-2H3,(H,47,52)/t29-,33-,35-,36-,39-,43-,44-/m0/s1. The summed E-state index contributed by atoms with van der Waals surface area (Å²) in [7, 11) is 0. The number of hydrogen-bond donors (Lipinski definition) is 1. The molecular formula is C44H55FN4O5. The Bertz CT molecular complexity index is 1970. The lowest BCUT2D eigenvalue weighted by molar-refractivity contribution is -0.145. The highest BCUT2D eigenvalue weighted by atomic mass is 19.1. The summed E-state index contributed by atoms with van der Waals surface area (Å²) in [5.41, 5.74) is 1.64. The van der Waals surface area contributed by atoms with E-state index >= 15 is 0 Å². The second-order valence-corrected chi connectivity index (χ2v) is 17.5. The summed E-state index contributed by atoms with van der Waals surface area (Å²) in [6, 6.07) is 11.7. The number of rotatable bonds is 9. The highest BCUT2D eigenvalue weighted by molar-refractivity contribution is 5.95. The summed E-state index contributed by atoms with van der Waals surface area (Å²) in [5.74, 6) is 2.41. The minimum Gasteiger partial charge on any atom is -0.378 e. The molecule has 2 heterocycles. The Balaban J connectivity index is 0.782. The van der Waals surface area contributed by atoms with E-state index in [1.807, 2.05) is 17.0 Å². The molecule has 5 aliphatic rings. The topological polar surface area (TPSA) is 113 Å². The maximum absolute atomic E-state index is 15.0. The van der Waals surface area contributed by atoms with Crippen LogP contribution in [0.2, 0.25) is 0 Å². The number of Topliss-reactive ketones (excluding diaryl/α,β-unsaturated/α-hetero) is 1. The van der Waals surface area contributed by atoms with Crippen LogP contribution in [0.25, 0.3) is 10.8 Å². The zero-order valence-electron chi connectivity index (χ0n) is 31.9. The summed E-state index contributed by atoms with van der Waals surface area (Å²) in [6.45, 7) is 7.23. The van der Waals surface area contributed by atoms with Gasteiger partial charge < -0.3 is 14.5 Å². The van der Waals surface area contributed by atoms with Crippen molar-refractivity contribution >= 4 is 28.4 Å². The van der Waals surface area contributed by atoms with E-state index in [4.69, 9.17) is 4.74 Å². The number of hydrogen-bond acceptors (Lipinski definition) is 6. The normalized spacial score (nSPS) is 30.9. The monoisotopic (exact) mass is 738 g/mol. The third-order valence-electron chi connectivity index (χ3n) is 14.8. The molecule has 3 aromatic rings. The third kappa shape index (κ3) is 6.81. The van der Waals surface area contributed by atoms with Gasteiger partial charge in [0.05, 0.1) is 22.7 Å². The molecule has 288 valence electrons. The highest BCUT2D eigenvalue weighted by Crippen LogP contribution is 2.66. The van der Waals surface area contributed by atoms with Crippen molar-refractivity contribution in [3.8, 4) is 0 Å². The van der Waals surface area contributed by atoms with Crippen LogP contribution < -0.4 is 5.56 Å². The Morgan fingerprint density at radius 3 is 2.46 bits per heavy atom. The molecule has 4 aliphatic carbocycles. The van der Waals surface area contributed by atoms with Gasteiger partial charge in [0, 0.05) is 63.9 Å². The predicted octanol–water partition coefficient (Wildman–Crippen LogP) is 7.10. The number of nitrogens with one attached hydrogen (secondary N) is 1. The number of nitrogens with zero attached hydrogens (tertiary/aromatic N) is 3. The molecule has 2 aromatic carbocycles. The average Bonchev–Trinajstić information content (AvgIpc) is 3.52. The summed E-state index contributed by atoms with van der Waals surface area (Å²) >= 11 is 0. The summed E-state index contributed by atoms with van der Waals surface area (Å²) in [4.78, 5) is 54.5. The number of carbonyl (C=O) groups is 3. The van der Waals surface area contributed by atoms with Crippen molar-refractivity contribution in [2.24, 2.45) is 34.5 Å². The number of piperazine rings is 1. The predicted molar refractivity (Wildman–Crippen MR) is 204 cm³/mol. The van der Waals surface area contributed by atoms with Crippen LogP contribution in [0.3, 0.4) is 0 Å². The Morgan fingerprint density at radius 1 is 0.889 bits per heavy atom. The molecule has 4 saturated carbocycles. The molecule has 7 atom stereocenters. The van der Waals surface area contributed by atoms with E-state index in [9.17, 15) is 23.6 Å². The lowest BCUT2D eigenvalue weighted by atomic mass is 9.45. The van der Waals surface area contributed by atoms with E-state index in [0.29, 0.717) is 85.3 Å². The zero-order chi connectivity index (χ0) is 37.6. The van der Waals surface area contributed by atoms with Crippen LogP contribution in [0.5, 0.6) is 0 Å². The molecule has 5 fully saturated rings. The van der Waals surface area contributed by atoms with Gasteiger partial charge >= 0.3 is 0 Å². The first-order chi connectivity index (χ1) is 26.0. The second kappa shape index (κ2) is 15.0. The SMILES string of the molecule is C[C@]12CCC(=O)C[C@@H]1CC[C@@H]1[C@@H]2CC[C@]2(C)[C@@H](OCCCCC(=O)N3CCN(C(=O)c4cc(Cc5n[nH]c(=O)c6ccccc56)ccc4F)CC3)CC[C@@H]12. The van der Waals surface area contributed by atoms with Gasteiger partial charge in [-0.05, 0) is 116 Å². The molecule has 0 radical (unpaired) electrons. The first kappa shape index (κ1) is 37.0. The fourth-order valence-electron chi connectivity index (χ4n) is 11.7. The van der Waals surface area contributed by atoms with Crippen molar-refractivity contribution in [1.29, 1.82) is 0 Å². The molecular weight excluding hydrogens is 684 g/mol. The number of amides is 2. The van der Waals surface area contributed by atoms with Crippen molar-refractivity contribution in [1.82, 2.24) is 20.0 Å². The largest absolute Gasteiger partial charge is 0.378 e. The first-order valence-corrected chi connectivity index (χ1v) is 20.5. The average molecular weight is 739 g/mol. The molecule has 1 aromatic heterocycles. The lowest BCUT2D eigenvalue weighted by Gasteiger charge is -2.60. The highest BCUT2D eigenvalue weighted by Gasteiger charge is 2.60. The van der Waals surface area contributed by atoms with Crippen molar-refractivity contribution in [3.63, 3.8) is 0 Å². The van der Waals surface area contributed by atoms with Crippen LogP contribution in [-0.4, -0.2) is 76.5 Å². The van der Waals surface area contributed by atoms with Crippen molar-refractivity contribution in [2.45, 2.75) is 103 Å². The fraction of sp³-hybridized carbons (Fsp3) is 0.614. The number of benzene rings is 2. The summed E-state index contributed by atoms with van der Waals surface area (Å²) < 4.78 is 21.6. The first-order valence-electron chi connectivity index (χ1n) is 20.5. The van der Waals surface area contributed by atoms with Crippen LogP contribution in [0.4, 0.5) is 4.39 Å². The molecule has 9 nitrogen and oxygen atoms in total. The maximum Gasteiger partial charge on any atom is 0.272 e. The van der Waals surface area contributed by atoms with Crippen LogP contribution >= 0.6 is 0 Å². The zero-order valence-corrected chi connectivity index (χ0v) is 31.9. The van der Waals surface area contributed by atoms with E-state index in [1.165, 1.54) is 38.2 Å². The Kier molecular flexibility index (Phi) is 10.3. The number of fused-ring (bicyclic) bond motifs is 6. The molecule has 1 aliphatic heterocycles. The van der Waals surface area contributed by atoms with Crippen LogP contribution in [0, 0.1) is 40.3 Å². The quantitative estimate of drug-likeness (QED) is 0.235. The number of unbranched alkanes of at least 4 members (excludes halogenated alkanes) is 1. The van der Waals surface area contributed by atoms with E-state index in [1.54, 1.807) is 29.2 Å². The van der Waals surface area contributed by atoms with E-state index < -0.39 is 5.82 Å². The van der Waals surface area contributed by atoms with Gasteiger partial charge in [-0.25, -0.2) is 9.49 Å². The van der Waals surface area contributed by atoms with Crippen molar-refractivity contribution < 1.29 is 23.5 Å². The molecule has 1 N–H and O–H groups in total. The number of aromatic nitrogens is 2. The molecule has 1 saturated heterocycles. The molecule has 8 rings (SSSR count). The van der Waals surface area contributed by atoms with Gasteiger partial charge in [-0.2, -0.15) is 5.10 Å². The Labute approximate surface area is 317 Å². The molecule has 2 amide bonds. The van der Waals surface area contributed by atoms with Gasteiger partial charge in [-0.1, -0.05) is 38.1 Å². The van der Waals surface area contributed by atoms with Crippen molar-refractivity contribution in [3.05, 3.63) is 75.5 Å². The van der Waals surface area contributed by atoms with Gasteiger partial charge in [0.25, 0.3) is 11.5 Å². The number of carbonyl (C=O) groups excluding carboxylic acids is 3. The summed E-state index contributed by atoms with van der Waals surface area (Å²) in [5, 5.41) is 8.01. The van der Waals surface area contributed by atoms with E-state index in [-0.39, 0.29) is 34.5 Å². The van der Waals surface area contributed by atoms with Crippen LogP contribution in [0.15, 0.2) is 47.3 Å². The number of ether oxygens (including phenoxy) is 1. The molecule has 0 spiro atoms. The van der Waals surface area contributed by atoms with Gasteiger partial charge in [-0.15, -0.1) is 0 Å². The van der Waals surface area contributed by atoms with Gasteiger partial charge in [0.2, 0.25) is 5.91 Å². The smallest absolute Gasteiger partial charge is 0.272 e. The fourth-order valence-corrected chi connectivity index (χ4v) is 11.7. The number of aromatic amines is 1. The Hall–Kier alpha value is -3.92. The number of halogens is 1. The van der Waals surface area contributed by atoms with Crippen molar-refractivity contribution in [2.75, 3.05) is 32.8 Å². The van der Waals surface area contributed by atoms with E-state index in [2.05, 4.69) is 24.0 Å². The van der Waals surface area contributed by atoms with E-state index in [0.717, 1.165) is 55.7 Å². The van der Waals surface area contributed by atoms with Gasteiger partial charge in [0.15, 0.2) is 0 Å². The molecule has 10 heteroatoms. The minimum absolute atomic E-state index is 0.0000621. The third-order valence-corrected chi connectivity index (χ3v) is 14.8. The lowest BCUT2D eigenvalue weighted by Crippen LogP contribution is -2.54. The molecule has 0 unspecified atom stereocenters. The number of ketones is 1. The minimum atomic E-state index is -0.585. The Morgan fingerprint density at radius 2 is 1.65 bits per heavy atom. The maximum atomic E-state index is 15.0. The van der Waals surface area contributed by atoms with Gasteiger partial charge in [0.1, 0.15) is 11.6 Å². The molecule has 54 heavy (non-hydrogen) atoms. The van der Waals surface area contributed by atoms with Crippen LogP contribution in [0.1, 0.15) is 113 Å². The second-order valence-electron chi connectivity index (χ2n) is 17.5. The molecule has 0 bridgehead atoms. The van der Waals surface area contributed by atoms with Crippen LogP contribution in [-0.2, 0) is 20.7 Å².